The van der Waals surface area contributed by atoms with Crippen LogP contribution < -0.4 is 15.5 Å². The van der Waals surface area contributed by atoms with Crippen molar-refractivity contribution < 1.29 is 13.6 Å². The minimum absolute atomic E-state index is 0.0493. The third kappa shape index (κ3) is 3.28. The van der Waals surface area contributed by atoms with Crippen LogP contribution in [0, 0.1) is 23.5 Å². The smallest absolute Gasteiger partial charge is 0.319 e. The number of piperidine rings is 1. The first kappa shape index (κ1) is 17.6. The van der Waals surface area contributed by atoms with E-state index in [0.717, 1.165) is 6.07 Å². The highest BCUT2D eigenvalue weighted by atomic mass is 19.1. The molecule has 1 saturated heterocycles. The van der Waals surface area contributed by atoms with Gasteiger partial charge >= 0.3 is 6.03 Å². The number of fused-ring (bicyclic) bond motifs is 1. The van der Waals surface area contributed by atoms with Gasteiger partial charge in [0.1, 0.15) is 24.3 Å². The van der Waals surface area contributed by atoms with Crippen LogP contribution in [-0.4, -0.2) is 39.9 Å². The molecule has 1 aromatic heterocycles. The molecule has 2 atom stereocenters. The van der Waals surface area contributed by atoms with Crippen molar-refractivity contribution in [1.29, 1.82) is 0 Å². The Balaban J connectivity index is 1.20. The van der Waals surface area contributed by atoms with Crippen molar-refractivity contribution in [2.24, 2.45) is 11.8 Å². The molecule has 2 fully saturated rings. The van der Waals surface area contributed by atoms with Gasteiger partial charge in [0, 0.05) is 37.0 Å². The lowest BCUT2D eigenvalue weighted by Gasteiger charge is -2.23. The normalized spacial score (nSPS) is 22.3. The molecule has 1 aliphatic heterocycles. The van der Waals surface area contributed by atoms with Gasteiger partial charge in [-0.2, -0.15) is 5.10 Å². The zero-order chi connectivity index (χ0) is 20.0. The minimum atomic E-state index is -0.585. The monoisotopic (exact) mass is 396 g/mol. The SMILES string of the molecule is O=C(Nc1ccccc1-n1cncn1)NC1C2CN(c3ccc(F)cc3F)CC21. The van der Waals surface area contributed by atoms with Crippen molar-refractivity contribution in [3.05, 3.63) is 66.8 Å². The van der Waals surface area contributed by atoms with E-state index >= 15 is 0 Å². The fraction of sp³-hybridized carbons (Fsp3) is 0.250. The summed E-state index contributed by atoms with van der Waals surface area (Å²) in [4.78, 5) is 18.3. The Morgan fingerprint density at radius 2 is 1.86 bits per heavy atom. The van der Waals surface area contributed by atoms with Crippen LogP contribution in [0.5, 0.6) is 0 Å². The fourth-order valence-corrected chi connectivity index (χ4v) is 4.10. The molecular weight excluding hydrogens is 378 g/mol. The quantitative estimate of drug-likeness (QED) is 0.711. The molecule has 9 heteroatoms. The number of nitrogens with one attached hydrogen (secondary N) is 2. The van der Waals surface area contributed by atoms with E-state index in [1.807, 2.05) is 23.1 Å². The molecule has 3 aromatic rings. The second kappa shape index (κ2) is 6.84. The zero-order valence-electron chi connectivity index (χ0n) is 15.3. The summed E-state index contributed by atoms with van der Waals surface area (Å²) in [6.07, 6.45) is 2.99. The molecule has 2 aliphatic rings. The molecule has 2 amide bonds. The highest BCUT2D eigenvalue weighted by Crippen LogP contribution is 2.47. The van der Waals surface area contributed by atoms with Crippen molar-refractivity contribution in [2.45, 2.75) is 6.04 Å². The van der Waals surface area contributed by atoms with Crippen LogP contribution in [0.4, 0.5) is 25.0 Å². The summed E-state index contributed by atoms with van der Waals surface area (Å²) in [6, 6.07) is 10.7. The van der Waals surface area contributed by atoms with Crippen LogP contribution in [0.25, 0.3) is 5.69 Å². The molecule has 0 radical (unpaired) electrons. The van der Waals surface area contributed by atoms with Gasteiger partial charge in [0.05, 0.1) is 17.1 Å². The average molecular weight is 396 g/mol. The third-order valence-corrected chi connectivity index (χ3v) is 5.56. The van der Waals surface area contributed by atoms with Crippen LogP contribution >= 0.6 is 0 Å². The van der Waals surface area contributed by atoms with Gasteiger partial charge in [0.25, 0.3) is 0 Å². The number of anilines is 2. The molecule has 2 aromatic carbocycles. The molecule has 2 N–H and O–H groups in total. The van der Waals surface area contributed by atoms with Crippen molar-refractivity contribution >= 4 is 17.4 Å². The Morgan fingerprint density at radius 1 is 1.07 bits per heavy atom. The summed E-state index contributed by atoms with van der Waals surface area (Å²) in [5, 5.41) is 9.96. The van der Waals surface area contributed by atoms with Gasteiger partial charge in [-0.15, -0.1) is 0 Å². The first-order valence-electron chi connectivity index (χ1n) is 9.32. The predicted molar refractivity (Wildman–Crippen MR) is 103 cm³/mol. The summed E-state index contributed by atoms with van der Waals surface area (Å²) in [5.41, 5.74) is 1.74. The average Bonchev–Trinajstić information content (AvgIpc) is 3.13. The molecule has 29 heavy (non-hydrogen) atoms. The van der Waals surface area contributed by atoms with E-state index in [9.17, 15) is 13.6 Å². The van der Waals surface area contributed by atoms with Crippen molar-refractivity contribution in [2.75, 3.05) is 23.3 Å². The van der Waals surface area contributed by atoms with E-state index < -0.39 is 11.6 Å². The maximum atomic E-state index is 14.0. The van der Waals surface area contributed by atoms with Gasteiger partial charge in [0.2, 0.25) is 0 Å². The van der Waals surface area contributed by atoms with E-state index in [2.05, 4.69) is 20.7 Å². The topological polar surface area (TPSA) is 75.1 Å². The maximum Gasteiger partial charge on any atom is 0.319 e. The second-order valence-corrected chi connectivity index (χ2v) is 7.31. The first-order valence-corrected chi connectivity index (χ1v) is 9.32. The van der Waals surface area contributed by atoms with Gasteiger partial charge in [-0.3, -0.25) is 0 Å². The van der Waals surface area contributed by atoms with E-state index in [-0.39, 0.29) is 23.9 Å². The second-order valence-electron chi connectivity index (χ2n) is 7.31. The maximum absolute atomic E-state index is 14.0. The van der Waals surface area contributed by atoms with Crippen molar-refractivity contribution in [1.82, 2.24) is 20.1 Å². The summed E-state index contributed by atoms with van der Waals surface area (Å²) >= 11 is 0. The Morgan fingerprint density at radius 3 is 2.59 bits per heavy atom. The molecule has 1 saturated carbocycles. The fourth-order valence-electron chi connectivity index (χ4n) is 4.10. The minimum Gasteiger partial charge on any atom is -0.368 e. The molecule has 2 heterocycles. The number of rotatable bonds is 4. The van der Waals surface area contributed by atoms with Gasteiger partial charge in [0.15, 0.2) is 0 Å². The van der Waals surface area contributed by atoms with Gasteiger partial charge in [-0.1, -0.05) is 12.1 Å². The van der Waals surface area contributed by atoms with Crippen molar-refractivity contribution in [3.63, 3.8) is 0 Å². The summed E-state index contributed by atoms with van der Waals surface area (Å²) in [5.74, 6) is -0.622. The van der Waals surface area contributed by atoms with Crippen LogP contribution in [0.15, 0.2) is 55.1 Å². The van der Waals surface area contributed by atoms with Crippen LogP contribution in [-0.2, 0) is 0 Å². The van der Waals surface area contributed by atoms with E-state index in [0.29, 0.717) is 30.2 Å². The number of nitrogens with zero attached hydrogens (tertiary/aromatic N) is 4. The number of para-hydroxylation sites is 2. The number of urea groups is 1. The van der Waals surface area contributed by atoms with E-state index in [4.69, 9.17) is 0 Å². The molecule has 7 nitrogen and oxygen atoms in total. The number of carbonyl (C=O) groups is 1. The number of amides is 2. The van der Waals surface area contributed by atoms with Crippen molar-refractivity contribution in [3.8, 4) is 5.69 Å². The Labute approximate surface area is 165 Å². The van der Waals surface area contributed by atoms with Gasteiger partial charge < -0.3 is 15.5 Å². The van der Waals surface area contributed by atoms with Gasteiger partial charge in [-0.05, 0) is 24.3 Å². The lowest BCUT2D eigenvalue weighted by atomic mass is 10.2. The molecule has 5 rings (SSSR count). The Hall–Kier alpha value is -3.49. The number of hydrogen-bond donors (Lipinski definition) is 2. The third-order valence-electron chi connectivity index (χ3n) is 5.56. The predicted octanol–water partition coefficient (Wildman–Crippen LogP) is 2.80. The van der Waals surface area contributed by atoms with Crippen LogP contribution in [0.1, 0.15) is 0 Å². The largest absolute Gasteiger partial charge is 0.368 e. The number of halogens is 2. The number of hydrogen-bond acceptors (Lipinski definition) is 4. The first-order chi connectivity index (χ1) is 14.1. The summed E-state index contributed by atoms with van der Waals surface area (Å²) in [7, 11) is 0. The number of aromatic nitrogens is 3. The molecule has 0 spiro atoms. The highest BCUT2D eigenvalue weighted by molar-refractivity contribution is 5.92. The lowest BCUT2D eigenvalue weighted by Crippen LogP contribution is -2.37. The summed E-state index contributed by atoms with van der Waals surface area (Å²) in [6.45, 7) is 1.27. The summed E-state index contributed by atoms with van der Waals surface area (Å²) < 4.78 is 28.7. The molecule has 0 bridgehead atoms. The van der Waals surface area contributed by atoms with Crippen LogP contribution in [0.2, 0.25) is 0 Å². The molecule has 2 unspecified atom stereocenters. The standard InChI is InChI=1S/C20H18F2N6O/c21-12-5-6-17(15(22)7-12)27-8-13-14(9-27)19(13)26-20(29)25-16-3-1-2-4-18(16)28-11-23-10-24-28/h1-7,10-11,13-14,19H,8-9H2,(H2,25,26,29). The number of benzene rings is 2. The highest BCUT2D eigenvalue weighted by Gasteiger charge is 2.56. The van der Waals surface area contributed by atoms with Crippen LogP contribution in [0.3, 0.4) is 0 Å². The van der Waals surface area contributed by atoms with E-state index in [1.54, 1.807) is 17.1 Å². The Kier molecular flexibility index (Phi) is 4.15. The molecule has 148 valence electrons. The lowest BCUT2D eigenvalue weighted by molar-refractivity contribution is 0.250. The van der Waals surface area contributed by atoms with Gasteiger partial charge in [-0.25, -0.2) is 23.2 Å². The molecular formula is C20H18F2N6O. The zero-order valence-corrected chi connectivity index (χ0v) is 15.3. The number of carbonyl (C=O) groups excluding carboxylic acids is 1. The Bertz CT molecular complexity index is 1040. The molecule has 1 aliphatic carbocycles. The van der Waals surface area contributed by atoms with E-state index in [1.165, 1.54) is 18.5 Å².